The highest BCUT2D eigenvalue weighted by Gasteiger charge is 2.36. The van der Waals surface area contributed by atoms with Crippen LogP contribution >= 0.6 is 0 Å². The van der Waals surface area contributed by atoms with Crippen molar-refractivity contribution in [1.29, 1.82) is 0 Å². The van der Waals surface area contributed by atoms with Gasteiger partial charge in [0.05, 0.1) is 5.56 Å². The average molecular weight is 347 g/mol. The molecule has 0 unspecified atom stereocenters. The van der Waals surface area contributed by atoms with Crippen molar-refractivity contribution in [1.82, 2.24) is 14.8 Å². The van der Waals surface area contributed by atoms with Gasteiger partial charge in [-0.05, 0) is 30.0 Å². The van der Waals surface area contributed by atoms with Crippen molar-refractivity contribution in [3.05, 3.63) is 47.0 Å². The van der Waals surface area contributed by atoms with Crippen molar-refractivity contribution >= 4 is 5.91 Å². The lowest BCUT2D eigenvalue weighted by molar-refractivity contribution is -0.141. The summed E-state index contributed by atoms with van der Waals surface area (Å²) < 4.78 is 66.2. The summed E-state index contributed by atoms with van der Waals surface area (Å²) >= 11 is 0. The number of carbonyl (C=O) groups excluding carboxylic acids is 1. The monoisotopic (exact) mass is 347 g/mol. The minimum Gasteiger partial charge on any atom is -0.267 e. The second-order valence-electron chi connectivity index (χ2n) is 5.58. The molecule has 130 valence electrons. The molecular formula is C15H14F5N3O. The van der Waals surface area contributed by atoms with Crippen LogP contribution in [0.15, 0.2) is 24.5 Å². The molecule has 24 heavy (non-hydrogen) atoms. The van der Waals surface area contributed by atoms with Crippen LogP contribution in [-0.4, -0.2) is 20.7 Å². The second kappa shape index (κ2) is 6.66. The van der Waals surface area contributed by atoms with E-state index in [-0.39, 0.29) is 17.9 Å². The number of hydrogen-bond acceptors (Lipinski definition) is 3. The Kier molecular flexibility index (Phi) is 5.00. The predicted molar refractivity (Wildman–Crippen MR) is 74.7 cm³/mol. The van der Waals surface area contributed by atoms with Crippen LogP contribution in [0.1, 0.15) is 47.6 Å². The van der Waals surface area contributed by atoms with Crippen LogP contribution in [0.3, 0.4) is 0 Å². The molecule has 0 aliphatic heterocycles. The lowest BCUT2D eigenvalue weighted by atomic mass is 9.95. The lowest BCUT2D eigenvalue weighted by Gasteiger charge is -2.17. The number of hydrogen-bond donors (Lipinski definition) is 0. The van der Waals surface area contributed by atoms with Gasteiger partial charge >= 0.3 is 6.18 Å². The molecule has 2 heterocycles. The Balaban J connectivity index is 2.71. The molecule has 0 N–H and O–H groups in total. The summed E-state index contributed by atoms with van der Waals surface area (Å²) in [6.07, 6.45) is -5.70. The van der Waals surface area contributed by atoms with Gasteiger partial charge in [-0.3, -0.25) is 4.79 Å². The molecule has 4 nitrogen and oxygen atoms in total. The van der Waals surface area contributed by atoms with Gasteiger partial charge < -0.3 is 0 Å². The minimum atomic E-state index is -4.89. The Morgan fingerprint density at radius 2 is 1.96 bits per heavy atom. The molecule has 0 amide bonds. The van der Waals surface area contributed by atoms with Crippen molar-refractivity contribution in [2.45, 2.75) is 32.9 Å². The minimum absolute atomic E-state index is 0.0215. The smallest absolute Gasteiger partial charge is 0.267 e. The van der Waals surface area contributed by atoms with Crippen molar-refractivity contribution in [3.8, 4) is 0 Å². The third-order valence-electron chi connectivity index (χ3n) is 3.18. The third-order valence-corrected chi connectivity index (χ3v) is 3.18. The van der Waals surface area contributed by atoms with E-state index >= 15 is 0 Å². The number of pyridine rings is 1. The molecule has 0 aliphatic carbocycles. The zero-order chi connectivity index (χ0) is 18.1. The molecule has 0 atom stereocenters. The molecular weight excluding hydrogens is 333 g/mol. The van der Waals surface area contributed by atoms with Gasteiger partial charge in [0.1, 0.15) is 11.4 Å². The molecule has 2 aromatic rings. The van der Waals surface area contributed by atoms with Crippen LogP contribution in [0.5, 0.6) is 0 Å². The standard InChI is InChI=1S/C15H14F5N3O/c1-8(2)6-9-7-10(15(18,19)20)22-12(13(16)17)11(9)14(24)23-5-3-4-21-23/h3-5,7-8,13H,6H2,1-2H3. The summed E-state index contributed by atoms with van der Waals surface area (Å²) in [5.74, 6) is -1.09. The van der Waals surface area contributed by atoms with Gasteiger partial charge in [0.15, 0.2) is 0 Å². The van der Waals surface area contributed by atoms with E-state index in [0.717, 1.165) is 4.68 Å². The fraction of sp³-hybridized carbons (Fsp3) is 0.400. The Bertz CT molecular complexity index is 723. The van der Waals surface area contributed by atoms with Gasteiger partial charge in [0, 0.05) is 12.4 Å². The van der Waals surface area contributed by atoms with Gasteiger partial charge in [-0.2, -0.15) is 18.3 Å². The van der Waals surface area contributed by atoms with Gasteiger partial charge in [-0.25, -0.2) is 18.4 Å². The number of nitrogens with zero attached hydrogens (tertiary/aromatic N) is 3. The van der Waals surface area contributed by atoms with E-state index in [9.17, 15) is 26.7 Å². The average Bonchev–Trinajstić information content (AvgIpc) is 2.98. The summed E-state index contributed by atoms with van der Waals surface area (Å²) in [5, 5.41) is 3.66. The number of halogens is 5. The molecule has 2 rings (SSSR count). The summed E-state index contributed by atoms with van der Waals surface area (Å²) in [4.78, 5) is 15.4. The molecule has 0 saturated heterocycles. The second-order valence-corrected chi connectivity index (χ2v) is 5.58. The Morgan fingerprint density at radius 1 is 1.29 bits per heavy atom. The zero-order valence-electron chi connectivity index (χ0n) is 12.8. The molecule has 0 fully saturated rings. The van der Waals surface area contributed by atoms with Crippen molar-refractivity contribution < 1.29 is 26.7 Å². The van der Waals surface area contributed by atoms with Crippen LogP contribution in [-0.2, 0) is 12.6 Å². The third kappa shape index (κ3) is 3.77. The fourth-order valence-corrected chi connectivity index (χ4v) is 2.27. The van der Waals surface area contributed by atoms with E-state index in [1.54, 1.807) is 13.8 Å². The first-order valence-electron chi connectivity index (χ1n) is 7.04. The van der Waals surface area contributed by atoms with Crippen molar-refractivity contribution in [2.24, 2.45) is 5.92 Å². The Morgan fingerprint density at radius 3 is 2.42 bits per heavy atom. The van der Waals surface area contributed by atoms with E-state index in [1.807, 2.05) is 0 Å². The SMILES string of the molecule is CC(C)Cc1cc(C(F)(F)F)nc(C(F)F)c1C(=O)n1cccn1. The van der Waals surface area contributed by atoms with E-state index in [1.165, 1.54) is 18.5 Å². The largest absolute Gasteiger partial charge is 0.433 e. The predicted octanol–water partition coefficient (Wildman–Crippen LogP) is 4.12. The Hall–Kier alpha value is -2.32. The first-order chi connectivity index (χ1) is 11.1. The summed E-state index contributed by atoms with van der Waals surface area (Å²) in [5.41, 5.74) is -3.27. The summed E-state index contributed by atoms with van der Waals surface area (Å²) in [6, 6.07) is 2.06. The van der Waals surface area contributed by atoms with Gasteiger partial charge in [0.2, 0.25) is 0 Å². The highest BCUT2D eigenvalue weighted by atomic mass is 19.4. The summed E-state index contributed by atoms with van der Waals surface area (Å²) in [7, 11) is 0. The molecule has 9 heteroatoms. The first kappa shape index (κ1) is 18.0. The number of alkyl halides is 5. The van der Waals surface area contributed by atoms with Crippen LogP contribution in [0.4, 0.5) is 22.0 Å². The first-order valence-corrected chi connectivity index (χ1v) is 7.04. The van der Waals surface area contributed by atoms with Crippen LogP contribution in [0.2, 0.25) is 0 Å². The molecule has 2 aromatic heterocycles. The van der Waals surface area contributed by atoms with E-state index in [2.05, 4.69) is 10.1 Å². The quantitative estimate of drug-likeness (QED) is 0.782. The van der Waals surface area contributed by atoms with E-state index in [0.29, 0.717) is 6.07 Å². The number of carbonyl (C=O) groups is 1. The molecule has 0 bridgehead atoms. The molecule has 0 aromatic carbocycles. The maximum Gasteiger partial charge on any atom is 0.433 e. The van der Waals surface area contributed by atoms with Gasteiger partial charge in [0.25, 0.3) is 12.3 Å². The van der Waals surface area contributed by atoms with Crippen molar-refractivity contribution in [2.75, 3.05) is 0 Å². The molecule has 0 saturated carbocycles. The highest BCUT2D eigenvalue weighted by molar-refractivity contribution is 5.98. The van der Waals surface area contributed by atoms with E-state index < -0.39 is 35.5 Å². The maximum atomic E-state index is 13.3. The Labute approximate surface area is 134 Å². The molecule has 0 aliphatic rings. The highest BCUT2D eigenvalue weighted by Crippen LogP contribution is 2.34. The van der Waals surface area contributed by atoms with Crippen molar-refractivity contribution in [3.63, 3.8) is 0 Å². The molecule has 0 spiro atoms. The summed E-state index contributed by atoms with van der Waals surface area (Å²) in [6.45, 7) is 3.41. The molecule has 0 radical (unpaired) electrons. The topological polar surface area (TPSA) is 47.8 Å². The van der Waals surface area contributed by atoms with Gasteiger partial charge in [-0.1, -0.05) is 13.8 Å². The van der Waals surface area contributed by atoms with Gasteiger partial charge in [-0.15, -0.1) is 0 Å². The van der Waals surface area contributed by atoms with Crippen LogP contribution in [0.25, 0.3) is 0 Å². The van der Waals surface area contributed by atoms with Crippen LogP contribution < -0.4 is 0 Å². The number of aromatic nitrogens is 3. The lowest BCUT2D eigenvalue weighted by Crippen LogP contribution is -2.22. The normalized spacial score (nSPS) is 12.2. The number of rotatable bonds is 4. The van der Waals surface area contributed by atoms with Crippen LogP contribution in [0, 0.1) is 5.92 Å². The fourth-order valence-electron chi connectivity index (χ4n) is 2.27. The van der Waals surface area contributed by atoms with E-state index in [4.69, 9.17) is 0 Å². The zero-order valence-corrected chi connectivity index (χ0v) is 12.8. The maximum absolute atomic E-state index is 13.3.